The summed E-state index contributed by atoms with van der Waals surface area (Å²) in [5, 5.41) is 9.68. The summed E-state index contributed by atoms with van der Waals surface area (Å²) in [5.41, 5.74) is 0. The maximum absolute atomic E-state index is 9.68. The van der Waals surface area contributed by atoms with Crippen LogP contribution in [-0.2, 0) is 14.2 Å². The first-order valence-electron chi connectivity index (χ1n) is 4.70. The molecule has 13 heavy (non-hydrogen) atoms. The maximum atomic E-state index is 9.68. The van der Waals surface area contributed by atoms with Gasteiger partial charge in [0.1, 0.15) is 12.2 Å². The average Bonchev–Trinajstić information content (AvgIpc) is 2.06. The second kappa shape index (κ2) is 3.20. The average molecular weight is 188 g/mol. The van der Waals surface area contributed by atoms with Crippen LogP contribution < -0.4 is 0 Å². The zero-order valence-electron chi connectivity index (χ0n) is 8.03. The lowest BCUT2D eigenvalue weighted by atomic mass is 10.0. The molecule has 0 aromatic carbocycles. The summed E-state index contributed by atoms with van der Waals surface area (Å²) in [6.45, 7) is 4.80. The smallest absolute Gasteiger partial charge is 0.163 e. The Balaban J connectivity index is 2.05. The molecular formula is C9H16O4. The van der Waals surface area contributed by atoms with Gasteiger partial charge in [0.05, 0.1) is 12.7 Å². The number of aliphatic hydroxyl groups excluding tert-OH is 1. The van der Waals surface area contributed by atoms with Crippen molar-refractivity contribution in [2.24, 2.45) is 0 Å². The Labute approximate surface area is 77.8 Å². The summed E-state index contributed by atoms with van der Waals surface area (Å²) in [7, 11) is 0. The highest BCUT2D eigenvalue weighted by Crippen LogP contribution is 2.29. The summed E-state index contributed by atoms with van der Waals surface area (Å²) in [6, 6.07) is 0. The van der Waals surface area contributed by atoms with Gasteiger partial charge in [-0.3, -0.25) is 0 Å². The molecule has 76 valence electrons. The summed E-state index contributed by atoms with van der Waals surface area (Å²) < 4.78 is 16.5. The van der Waals surface area contributed by atoms with E-state index in [2.05, 4.69) is 0 Å². The number of aliphatic hydroxyl groups is 1. The van der Waals surface area contributed by atoms with Crippen LogP contribution in [0.3, 0.4) is 0 Å². The number of rotatable bonds is 0. The molecule has 0 aromatic heterocycles. The van der Waals surface area contributed by atoms with Crippen LogP contribution in [0.4, 0.5) is 0 Å². The monoisotopic (exact) mass is 188 g/mol. The quantitative estimate of drug-likeness (QED) is 0.593. The van der Waals surface area contributed by atoms with Crippen molar-refractivity contribution in [2.45, 2.75) is 44.4 Å². The Bertz CT molecular complexity index is 192. The number of fused-ring (bicyclic) bond motifs is 1. The maximum Gasteiger partial charge on any atom is 0.163 e. The third kappa shape index (κ3) is 1.86. The second-order valence-electron chi connectivity index (χ2n) is 4.06. The molecule has 0 aromatic rings. The molecule has 1 N–H and O–H groups in total. The van der Waals surface area contributed by atoms with Crippen molar-refractivity contribution in [3.8, 4) is 0 Å². The van der Waals surface area contributed by atoms with E-state index in [1.54, 1.807) is 0 Å². The fourth-order valence-electron chi connectivity index (χ4n) is 1.79. The van der Waals surface area contributed by atoms with Crippen molar-refractivity contribution < 1.29 is 19.3 Å². The molecule has 3 atom stereocenters. The normalized spacial score (nSPS) is 44.1. The van der Waals surface area contributed by atoms with Crippen LogP contribution in [0.25, 0.3) is 0 Å². The highest BCUT2D eigenvalue weighted by Gasteiger charge is 2.42. The van der Waals surface area contributed by atoms with Crippen LogP contribution in [0.1, 0.15) is 20.3 Å². The van der Waals surface area contributed by atoms with E-state index in [9.17, 15) is 5.11 Å². The van der Waals surface area contributed by atoms with E-state index in [1.165, 1.54) is 0 Å². The first-order chi connectivity index (χ1) is 6.08. The third-order valence-electron chi connectivity index (χ3n) is 2.51. The standard InChI is InChI=1S/C9H16O4/c1-9(2)12-5-7-8(13-9)6(10)3-4-11-7/h6-8,10H,3-5H2,1-2H3/t6-,7-,8+/m1/s1. The Morgan fingerprint density at radius 3 is 2.92 bits per heavy atom. The van der Waals surface area contributed by atoms with Gasteiger partial charge in [0.2, 0.25) is 0 Å². The number of hydrogen-bond acceptors (Lipinski definition) is 4. The number of hydrogen-bond donors (Lipinski definition) is 1. The molecule has 2 aliphatic heterocycles. The van der Waals surface area contributed by atoms with Crippen LogP contribution in [-0.4, -0.2) is 42.4 Å². The molecule has 4 heteroatoms. The Morgan fingerprint density at radius 1 is 1.38 bits per heavy atom. The third-order valence-corrected chi connectivity index (χ3v) is 2.51. The van der Waals surface area contributed by atoms with E-state index in [1.807, 2.05) is 13.8 Å². The SMILES string of the molecule is CC1(C)OC[C@H]2OCC[C@@H](O)[C@@H]2O1. The lowest BCUT2D eigenvalue weighted by Crippen LogP contribution is -2.57. The molecule has 0 saturated carbocycles. The van der Waals surface area contributed by atoms with Gasteiger partial charge in [-0.25, -0.2) is 0 Å². The minimum absolute atomic E-state index is 0.100. The van der Waals surface area contributed by atoms with Gasteiger partial charge in [0, 0.05) is 6.61 Å². The van der Waals surface area contributed by atoms with Gasteiger partial charge in [-0.1, -0.05) is 0 Å². The topological polar surface area (TPSA) is 47.9 Å². The molecule has 4 nitrogen and oxygen atoms in total. The first kappa shape index (κ1) is 9.40. The molecule has 0 spiro atoms. The Hall–Kier alpha value is -0.160. The van der Waals surface area contributed by atoms with E-state index in [-0.39, 0.29) is 12.2 Å². The Morgan fingerprint density at radius 2 is 2.15 bits per heavy atom. The fourth-order valence-corrected chi connectivity index (χ4v) is 1.79. The van der Waals surface area contributed by atoms with E-state index < -0.39 is 11.9 Å². The molecule has 2 saturated heterocycles. The van der Waals surface area contributed by atoms with Crippen molar-refractivity contribution in [2.75, 3.05) is 13.2 Å². The van der Waals surface area contributed by atoms with Crippen LogP contribution in [0.5, 0.6) is 0 Å². The van der Waals surface area contributed by atoms with Crippen LogP contribution >= 0.6 is 0 Å². The molecule has 0 aliphatic carbocycles. The highest BCUT2D eigenvalue weighted by molar-refractivity contribution is 4.86. The first-order valence-corrected chi connectivity index (χ1v) is 4.70. The summed E-state index contributed by atoms with van der Waals surface area (Å²) in [6.07, 6.45) is -0.0896. The van der Waals surface area contributed by atoms with Crippen LogP contribution in [0, 0.1) is 0 Å². The molecule has 0 radical (unpaired) electrons. The summed E-state index contributed by atoms with van der Waals surface area (Å²) in [4.78, 5) is 0. The summed E-state index contributed by atoms with van der Waals surface area (Å²) >= 11 is 0. The lowest BCUT2D eigenvalue weighted by Gasteiger charge is -2.44. The predicted molar refractivity (Wildman–Crippen MR) is 45.3 cm³/mol. The second-order valence-corrected chi connectivity index (χ2v) is 4.06. The largest absolute Gasteiger partial charge is 0.390 e. The van der Waals surface area contributed by atoms with Gasteiger partial charge in [-0.2, -0.15) is 0 Å². The Kier molecular flexibility index (Phi) is 2.32. The minimum Gasteiger partial charge on any atom is -0.390 e. The lowest BCUT2D eigenvalue weighted by molar-refractivity contribution is -0.335. The molecule has 0 bridgehead atoms. The molecule has 0 unspecified atom stereocenters. The highest BCUT2D eigenvalue weighted by atomic mass is 16.7. The van der Waals surface area contributed by atoms with Gasteiger partial charge in [-0.15, -0.1) is 0 Å². The molecular weight excluding hydrogens is 172 g/mol. The van der Waals surface area contributed by atoms with Gasteiger partial charge in [0.15, 0.2) is 5.79 Å². The van der Waals surface area contributed by atoms with Crippen molar-refractivity contribution >= 4 is 0 Å². The molecule has 2 heterocycles. The van der Waals surface area contributed by atoms with Gasteiger partial charge in [-0.05, 0) is 20.3 Å². The number of ether oxygens (including phenoxy) is 3. The molecule has 2 rings (SSSR count). The van der Waals surface area contributed by atoms with Crippen molar-refractivity contribution in [3.63, 3.8) is 0 Å². The van der Waals surface area contributed by atoms with Gasteiger partial charge >= 0.3 is 0 Å². The fraction of sp³-hybridized carbons (Fsp3) is 1.00. The zero-order valence-corrected chi connectivity index (χ0v) is 8.03. The molecule has 2 aliphatic rings. The molecule has 0 amide bonds. The zero-order chi connectivity index (χ0) is 9.47. The van der Waals surface area contributed by atoms with E-state index in [0.717, 1.165) is 0 Å². The van der Waals surface area contributed by atoms with Crippen molar-refractivity contribution in [1.82, 2.24) is 0 Å². The van der Waals surface area contributed by atoms with Crippen molar-refractivity contribution in [1.29, 1.82) is 0 Å². The van der Waals surface area contributed by atoms with E-state index >= 15 is 0 Å². The van der Waals surface area contributed by atoms with Crippen molar-refractivity contribution in [3.05, 3.63) is 0 Å². The molecule has 2 fully saturated rings. The van der Waals surface area contributed by atoms with Gasteiger partial charge < -0.3 is 19.3 Å². The minimum atomic E-state index is -0.594. The van der Waals surface area contributed by atoms with E-state index in [0.29, 0.717) is 19.6 Å². The van der Waals surface area contributed by atoms with Gasteiger partial charge in [0.25, 0.3) is 0 Å². The van der Waals surface area contributed by atoms with E-state index in [4.69, 9.17) is 14.2 Å². The van der Waals surface area contributed by atoms with Crippen LogP contribution in [0.15, 0.2) is 0 Å². The predicted octanol–water partition coefficient (Wildman–Crippen LogP) is 0.288. The summed E-state index contributed by atoms with van der Waals surface area (Å²) in [5.74, 6) is -0.594. The van der Waals surface area contributed by atoms with Crippen LogP contribution in [0.2, 0.25) is 0 Å².